The Kier molecular flexibility index (Phi) is 6.01. The Morgan fingerprint density at radius 3 is 2.30 bits per heavy atom. The number of fused-ring (bicyclic) bond motifs is 1. The third-order valence-corrected chi connectivity index (χ3v) is 7.01. The number of para-hydroxylation sites is 2. The molecule has 1 amide bonds. The monoisotopic (exact) mass is 508 g/mol. The molecule has 1 N–H and O–H groups in total. The number of hydrogen-bond donors (Lipinski definition) is 1. The van der Waals surface area contributed by atoms with E-state index in [1.807, 2.05) is 12.1 Å². The number of halogens is 3. The predicted molar refractivity (Wildman–Crippen MR) is 134 cm³/mol. The number of anilines is 2. The average Bonchev–Trinajstić information content (AvgIpc) is 3.32. The second-order valence-corrected chi connectivity index (χ2v) is 10.5. The molecule has 0 saturated heterocycles. The molecular formula is C29H27F3N2O3. The third kappa shape index (κ3) is 4.56. The number of Topliss-reactive ketones (excluding diaryl/α,β-unsaturated/α-hetero) is 1. The van der Waals surface area contributed by atoms with Gasteiger partial charge in [-0.2, -0.15) is 13.2 Å². The quantitative estimate of drug-likeness (QED) is 0.403. The largest absolute Gasteiger partial charge is 0.471 e. The number of ketones is 1. The lowest BCUT2D eigenvalue weighted by Crippen LogP contribution is -2.45. The molecule has 8 heteroatoms. The van der Waals surface area contributed by atoms with Gasteiger partial charge in [-0.25, -0.2) is 0 Å². The first-order valence-corrected chi connectivity index (χ1v) is 12.1. The summed E-state index contributed by atoms with van der Waals surface area (Å²) in [6.07, 6.45) is -3.33. The van der Waals surface area contributed by atoms with Crippen molar-refractivity contribution in [2.45, 2.75) is 57.2 Å². The molecule has 2 heterocycles. The van der Waals surface area contributed by atoms with Gasteiger partial charge in [0, 0.05) is 17.7 Å². The van der Waals surface area contributed by atoms with Gasteiger partial charge in [-0.3, -0.25) is 14.5 Å². The first-order valence-electron chi connectivity index (χ1n) is 12.1. The molecule has 0 unspecified atom stereocenters. The van der Waals surface area contributed by atoms with Gasteiger partial charge >= 0.3 is 12.1 Å². The Morgan fingerprint density at radius 2 is 1.68 bits per heavy atom. The molecule has 1 aliphatic carbocycles. The van der Waals surface area contributed by atoms with Crippen LogP contribution >= 0.6 is 0 Å². The summed E-state index contributed by atoms with van der Waals surface area (Å²) in [7, 11) is 0. The number of nitrogens with zero attached hydrogens (tertiary/aromatic N) is 1. The zero-order valence-electron chi connectivity index (χ0n) is 20.7. The molecule has 2 aliphatic rings. The summed E-state index contributed by atoms with van der Waals surface area (Å²) >= 11 is 0. The minimum Gasteiger partial charge on any atom is -0.467 e. The highest BCUT2D eigenvalue weighted by atomic mass is 19.4. The first-order chi connectivity index (χ1) is 17.4. The van der Waals surface area contributed by atoms with E-state index in [0.29, 0.717) is 22.7 Å². The summed E-state index contributed by atoms with van der Waals surface area (Å²) in [6.45, 7) is 6.37. The second kappa shape index (κ2) is 8.94. The minimum atomic E-state index is -5.15. The molecule has 3 aromatic rings. The van der Waals surface area contributed by atoms with Crippen LogP contribution in [0.2, 0.25) is 0 Å². The van der Waals surface area contributed by atoms with Crippen LogP contribution in [0, 0.1) is 0 Å². The third-order valence-electron chi connectivity index (χ3n) is 7.01. The molecule has 0 fully saturated rings. The van der Waals surface area contributed by atoms with Crippen LogP contribution in [0.3, 0.4) is 0 Å². The van der Waals surface area contributed by atoms with Crippen LogP contribution in [0.1, 0.15) is 62.5 Å². The highest BCUT2D eigenvalue weighted by Gasteiger charge is 2.50. The van der Waals surface area contributed by atoms with Crippen molar-refractivity contribution in [1.29, 1.82) is 0 Å². The van der Waals surface area contributed by atoms with E-state index in [1.54, 1.807) is 18.2 Å². The average molecular weight is 509 g/mol. The van der Waals surface area contributed by atoms with Crippen LogP contribution in [0.25, 0.3) is 0 Å². The maximum Gasteiger partial charge on any atom is 0.471 e. The molecule has 5 rings (SSSR count). The van der Waals surface area contributed by atoms with Gasteiger partial charge in [0.2, 0.25) is 0 Å². The zero-order chi connectivity index (χ0) is 26.5. The number of nitrogens with one attached hydrogen (secondary N) is 1. The van der Waals surface area contributed by atoms with Crippen molar-refractivity contribution in [3.63, 3.8) is 0 Å². The molecule has 1 aromatic heterocycles. The van der Waals surface area contributed by atoms with E-state index in [-0.39, 0.29) is 40.6 Å². The number of amides is 1. The lowest BCUT2D eigenvalue weighted by Gasteiger charge is -2.34. The van der Waals surface area contributed by atoms with Gasteiger partial charge in [-0.15, -0.1) is 0 Å². The van der Waals surface area contributed by atoms with Gasteiger partial charge in [-0.05, 0) is 53.1 Å². The SMILES string of the molecule is CC(C)(C)c1ccc([C@@H]2CC(=O)C3=C(C2)Nc2ccccc2N(C(=O)C(F)(F)F)[C@H]3c2ccco2)cc1. The van der Waals surface area contributed by atoms with Crippen molar-refractivity contribution in [3.8, 4) is 0 Å². The van der Waals surface area contributed by atoms with Crippen molar-refractivity contribution in [2.24, 2.45) is 0 Å². The molecule has 1 aliphatic heterocycles. The van der Waals surface area contributed by atoms with Crippen LogP contribution in [0.5, 0.6) is 0 Å². The molecule has 0 bridgehead atoms. The summed E-state index contributed by atoms with van der Waals surface area (Å²) in [4.78, 5) is 27.2. The molecule has 37 heavy (non-hydrogen) atoms. The number of rotatable bonds is 2. The van der Waals surface area contributed by atoms with Crippen molar-refractivity contribution < 1.29 is 27.2 Å². The van der Waals surface area contributed by atoms with Crippen molar-refractivity contribution >= 4 is 23.1 Å². The Morgan fingerprint density at radius 1 is 0.973 bits per heavy atom. The molecule has 0 saturated carbocycles. The van der Waals surface area contributed by atoms with Crippen LogP contribution in [0.4, 0.5) is 24.5 Å². The maximum atomic E-state index is 13.9. The summed E-state index contributed by atoms with van der Waals surface area (Å²) in [6, 6.07) is 16.1. The maximum absolute atomic E-state index is 13.9. The molecule has 0 radical (unpaired) electrons. The van der Waals surface area contributed by atoms with E-state index in [0.717, 1.165) is 5.56 Å². The van der Waals surface area contributed by atoms with Gasteiger partial charge in [-0.1, -0.05) is 57.2 Å². The Balaban J connectivity index is 1.64. The first kappa shape index (κ1) is 24.9. The van der Waals surface area contributed by atoms with Gasteiger partial charge < -0.3 is 9.73 Å². The molecular weight excluding hydrogens is 481 g/mol. The van der Waals surface area contributed by atoms with Crippen molar-refractivity contribution in [3.05, 3.63) is 95.1 Å². The topological polar surface area (TPSA) is 62.6 Å². The number of benzene rings is 2. The van der Waals surface area contributed by atoms with Gasteiger partial charge in [0.1, 0.15) is 11.8 Å². The number of alkyl halides is 3. The lowest BCUT2D eigenvalue weighted by molar-refractivity contribution is -0.171. The molecule has 2 aromatic carbocycles. The number of carbonyl (C=O) groups excluding carboxylic acids is 2. The fourth-order valence-corrected chi connectivity index (χ4v) is 5.16. The van der Waals surface area contributed by atoms with E-state index >= 15 is 0 Å². The normalized spacial score (nSPS) is 20.2. The highest BCUT2D eigenvalue weighted by molar-refractivity contribution is 6.07. The Bertz CT molecular complexity index is 1370. The summed E-state index contributed by atoms with van der Waals surface area (Å²) < 4.78 is 47.1. The van der Waals surface area contributed by atoms with E-state index < -0.39 is 18.1 Å². The van der Waals surface area contributed by atoms with Gasteiger partial charge in [0.05, 0.1) is 17.6 Å². The number of furan rings is 1. The van der Waals surface area contributed by atoms with E-state index in [4.69, 9.17) is 4.42 Å². The second-order valence-electron chi connectivity index (χ2n) is 10.5. The highest BCUT2D eigenvalue weighted by Crippen LogP contribution is 2.48. The minimum absolute atomic E-state index is 0.0199. The summed E-state index contributed by atoms with van der Waals surface area (Å²) in [5, 5.41) is 3.21. The number of hydrogen-bond acceptors (Lipinski definition) is 4. The standard InChI is InChI=1S/C29H27F3N2O3/c1-28(2,3)19-12-10-17(11-13-19)18-15-21-25(23(35)16-18)26(24-9-6-14-37-24)34(27(36)29(30,31)32)22-8-5-4-7-20(22)33-21/h4-14,18,26,33H,15-16H2,1-3H3/t18-,26-/m0/s1. The van der Waals surface area contributed by atoms with Crippen molar-refractivity contribution in [2.75, 3.05) is 10.2 Å². The van der Waals surface area contributed by atoms with Crippen LogP contribution in [-0.2, 0) is 15.0 Å². The predicted octanol–water partition coefficient (Wildman–Crippen LogP) is 7.04. The molecule has 2 atom stereocenters. The summed E-state index contributed by atoms with van der Waals surface area (Å²) in [5.74, 6) is -2.47. The number of carbonyl (C=O) groups is 2. The lowest BCUT2D eigenvalue weighted by atomic mass is 9.78. The van der Waals surface area contributed by atoms with Crippen molar-refractivity contribution in [1.82, 2.24) is 0 Å². The Labute approximate surface area is 213 Å². The molecule has 0 spiro atoms. The van der Waals surface area contributed by atoms with E-state index in [2.05, 4.69) is 38.2 Å². The van der Waals surface area contributed by atoms with E-state index in [1.165, 1.54) is 30.0 Å². The zero-order valence-corrected chi connectivity index (χ0v) is 20.7. The smallest absolute Gasteiger partial charge is 0.467 e. The van der Waals surface area contributed by atoms with Gasteiger partial charge in [0.25, 0.3) is 0 Å². The summed E-state index contributed by atoms with van der Waals surface area (Å²) in [5.41, 5.74) is 3.08. The fourth-order valence-electron chi connectivity index (χ4n) is 5.16. The molecule has 192 valence electrons. The molecule has 5 nitrogen and oxygen atoms in total. The van der Waals surface area contributed by atoms with Crippen LogP contribution in [-0.4, -0.2) is 17.9 Å². The van der Waals surface area contributed by atoms with Crippen LogP contribution < -0.4 is 10.2 Å². The number of allylic oxidation sites excluding steroid dienone is 1. The van der Waals surface area contributed by atoms with Crippen LogP contribution in [0.15, 0.2) is 82.6 Å². The fraction of sp³-hybridized carbons (Fsp3) is 0.310. The van der Waals surface area contributed by atoms with E-state index in [9.17, 15) is 22.8 Å². The van der Waals surface area contributed by atoms with Gasteiger partial charge in [0.15, 0.2) is 5.78 Å². The Hall–Kier alpha value is -3.81.